The van der Waals surface area contributed by atoms with Gasteiger partial charge in [0.15, 0.2) is 0 Å². The van der Waals surface area contributed by atoms with Crippen molar-refractivity contribution in [1.82, 2.24) is 9.29 Å². The molecule has 1 saturated carbocycles. The van der Waals surface area contributed by atoms with E-state index in [1.165, 1.54) is 0 Å². The van der Waals surface area contributed by atoms with Crippen molar-refractivity contribution < 1.29 is 8.42 Å². The van der Waals surface area contributed by atoms with Gasteiger partial charge in [-0.25, -0.2) is 17.7 Å². The van der Waals surface area contributed by atoms with Gasteiger partial charge in [0.25, 0.3) is 0 Å². The molecule has 0 aromatic carbocycles. The first-order chi connectivity index (χ1) is 11.4. The van der Waals surface area contributed by atoms with Crippen LogP contribution in [-0.4, -0.2) is 49.6 Å². The summed E-state index contributed by atoms with van der Waals surface area (Å²) in [7, 11) is -1.39. The largest absolute Gasteiger partial charge is 0.356 e. The van der Waals surface area contributed by atoms with Gasteiger partial charge in [-0.2, -0.15) is 5.26 Å². The molecule has 0 spiro atoms. The van der Waals surface area contributed by atoms with Crippen molar-refractivity contribution in [3.05, 3.63) is 22.3 Å². The van der Waals surface area contributed by atoms with Gasteiger partial charge in [-0.1, -0.05) is 0 Å². The van der Waals surface area contributed by atoms with Crippen LogP contribution in [-0.2, 0) is 10.0 Å². The Morgan fingerprint density at radius 1 is 1.38 bits per heavy atom. The average molecular weight is 413 g/mol. The van der Waals surface area contributed by atoms with E-state index in [2.05, 4.69) is 31.9 Å². The number of aromatic nitrogens is 1. The first-order valence-electron chi connectivity index (χ1n) is 8.17. The SMILES string of the molecule is CN(CC1CCN(c2ncc(Br)cc2C#N)CC1)S(=O)(=O)C1CC1. The highest BCUT2D eigenvalue weighted by Crippen LogP contribution is 2.32. The fourth-order valence-electron chi connectivity index (χ4n) is 3.18. The van der Waals surface area contributed by atoms with Gasteiger partial charge in [0.2, 0.25) is 10.0 Å². The molecular weight excluding hydrogens is 392 g/mol. The fourth-order valence-corrected chi connectivity index (χ4v) is 5.17. The number of hydrogen-bond acceptors (Lipinski definition) is 5. The maximum absolute atomic E-state index is 12.2. The van der Waals surface area contributed by atoms with Gasteiger partial charge in [-0.3, -0.25) is 0 Å². The summed E-state index contributed by atoms with van der Waals surface area (Å²) in [6, 6.07) is 3.98. The predicted molar refractivity (Wildman–Crippen MR) is 96.2 cm³/mol. The number of anilines is 1. The lowest BCUT2D eigenvalue weighted by Gasteiger charge is -2.34. The van der Waals surface area contributed by atoms with E-state index in [0.29, 0.717) is 18.0 Å². The Balaban J connectivity index is 1.59. The molecule has 0 bridgehead atoms. The number of piperidine rings is 1. The van der Waals surface area contributed by atoms with Crippen molar-refractivity contribution in [3.8, 4) is 6.07 Å². The minimum atomic E-state index is -3.09. The fraction of sp³-hybridized carbons (Fsp3) is 0.625. The average Bonchev–Trinajstić information content (AvgIpc) is 3.41. The van der Waals surface area contributed by atoms with E-state index in [1.807, 2.05) is 0 Å². The lowest BCUT2D eigenvalue weighted by molar-refractivity contribution is 0.327. The Hall–Kier alpha value is -1.17. The number of hydrogen-bond donors (Lipinski definition) is 0. The molecule has 2 aliphatic rings. The summed E-state index contributed by atoms with van der Waals surface area (Å²) in [5, 5.41) is 9.14. The van der Waals surface area contributed by atoms with Crippen LogP contribution in [0.25, 0.3) is 0 Å². The van der Waals surface area contributed by atoms with Crippen LogP contribution in [0, 0.1) is 17.2 Å². The number of sulfonamides is 1. The summed E-state index contributed by atoms with van der Waals surface area (Å²) >= 11 is 3.34. The molecule has 2 fully saturated rings. The Bertz CT molecular complexity index is 750. The highest BCUT2D eigenvalue weighted by Gasteiger charge is 2.39. The zero-order valence-corrected chi connectivity index (χ0v) is 16.1. The number of nitriles is 1. The molecule has 1 aromatic heterocycles. The second-order valence-corrected chi connectivity index (χ2v) is 9.83. The van der Waals surface area contributed by atoms with Crippen molar-refractivity contribution in [2.45, 2.75) is 30.9 Å². The molecule has 24 heavy (non-hydrogen) atoms. The van der Waals surface area contributed by atoms with Crippen LogP contribution in [0.2, 0.25) is 0 Å². The molecule has 0 atom stereocenters. The van der Waals surface area contributed by atoms with Crippen LogP contribution in [0.15, 0.2) is 16.7 Å². The smallest absolute Gasteiger partial charge is 0.216 e. The standard InChI is InChI=1S/C16H21BrN4O2S/c1-20(24(22,23)15-2-3-15)11-12-4-6-21(7-5-12)16-13(9-18)8-14(17)10-19-16/h8,10,12,15H,2-7,11H2,1H3. The van der Waals surface area contributed by atoms with Crippen molar-refractivity contribution >= 4 is 31.8 Å². The second-order valence-electron chi connectivity index (χ2n) is 6.59. The topological polar surface area (TPSA) is 77.3 Å². The first-order valence-corrected chi connectivity index (χ1v) is 10.5. The van der Waals surface area contributed by atoms with E-state index in [9.17, 15) is 13.7 Å². The van der Waals surface area contributed by atoms with Crippen molar-refractivity contribution in [2.24, 2.45) is 5.92 Å². The first kappa shape index (κ1) is 17.6. The van der Waals surface area contributed by atoms with E-state index in [0.717, 1.165) is 49.1 Å². The predicted octanol–water partition coefficient (Wildman–Crippen LogP) is 2.36. The molecule has 1 aliphatic carbocycles. The van der Waals surface area contributed by atoms with Crippen LogP contribution in [0.1, 0.15) is 31.2 Å². The van der Waals surface area contributed by atoms with E-state index in [-0.39, 0.29) is 5.25 Å². The van der Waals surface area contributed by atoms with Crippen molar-refractivity contribution in [3.63, 3.8) is 0 Å². The molecule has 130 valence electrons. The molecule has 0 amide bonds. The highest BCUT2D eigenvalue weighted by molar-refractivity contribution is 9.10. The molecule has 0 N–H and O–H groups in total. The summed E-state index contributed by atoms with van der Waals surface area (Å²) in [6.45, 7) is 2.18. The van der Waals surface area contributed by atoms with Gasteiger partial charge in [0, 0.05) is 37.4 Å². The monoisotopic (exact) mass is 412 g/mol. The summed E-state index contributed by atoms with van der Waals surface area (Å²) in [6.07, 6.45) is 5.13. The van der Waals surface area contributed by atoms with E-state index < -0.39 is 10.0 Å². The summed E-state index contributed by atoms with van der Waals surface area (Å²) in [4.78, 5) is 6.50. The van der Waals surface area contributed by atoms with Crippen LogP contribution in [0.4, 0.5) is 5.82 Å². The van der Waals surface area contributed by atoms with E-state index in [1.54, 1.807) is 23.6 Å². The minimum Gasteiger partial charge on any atom is -0.356 e. The van der Waals surface area contributed by atoms with E-state index >= 15 is 0 Å². The number of halogens is 1. The van der Waals surface area contributed by atoms with E-state index in [4.69, 9.17) is 0 Å². The molecule has 1 saturated heterocycles. The van der Waals surface area contributed by atoms with Gasteiger partial charge in [0.1, 0.15) is 11.9 Å². The lowest BCUT2D eigenvalue weighted by atomic mass is 9.96. The highest BCUT2D eigenvalue weighted by atomic mass is 79.9. The van der Waals surface area contributed by atoms with Crippen LogP contribution < -0.4 is 4.90 Å². The van der Waals surface area contributed by atoms with Crippen LogP contribution in [0.3, 0.4) is 0 Å². The van der Waals surface area contributed by atoms with Gasteiger partial charge in [0.05, 0.1) is 10.8 Å². The molecular formula is C16H21BrN4O2S. The second kappa shape index (κ2) is 6.98. The van der Waals surface area contributed by atoms with Crippen LogP contribution in [0.5, 0.6) is 0 Å². The lowest BCUT2D eigenvalue weighted by Crippen LogP contribution is -2.40. The molecule has 1 aromatic rings. The minimum absolute atomic E-state index is 0.146. The normalized spacial score (nSPS) is 19.5. The summed E-state index contributed by atoms with van der Waals surface area (Å²) in [5.41, 5.74) is 0.566. The molecule has 0 unspecified atom stereocenters. The third-order valence-corrected chi connectivity index (χ3v) is 7.53. The number of pyridine rings is 1. The molecule has 8 heteroatoms. The van der Waals surface area contributed by atoms with Gasteiger partial charge >= 0.3 is 0 Å². The zero-order valence-electron chi connectivity index (χ0n) is 13.7. The maximum Gasteiger partial charge on any atom is 0.216 e. The Labute approximate surface area is 151 Å². The Morgan fingerprint density at radius 2 is 2.04 bits per heavy atom. The summed E-state index contributed by atoms with van der Waals surface area (Å²) < 4.78 is 26.8. The zero-order chi connectivity index (χ0) is 17.3. The Morgan fingerprint density at radius 3 is 2.62 bits per heavy atom. The third kappa shape index (κ3) is 3.73. The Kier molecular flexibility index (Phi) is 5.13. The number of nitrogens with zero attached hydrogens (tertiary/aromatic N) is 4. The van der Waals surface area contributed by atoms with Crippen molar-refractivity contribution in [1.29, 1.82) is 5.26 Å². The number of rotatable bonds is 5. The maximum atomic E-state index is 12.2. The molecule has 6 nitrogen and oxygen atoms in total. The molecule has 0 radical (unpaired) electrons. The molecule has 2 heterocycles. The van der Waals surface area contributed by atoms with Gasteiger partial charge < -0.3 is 4.90 Å². The van der Waals surface area contributed by atoms with Crippen molar-refractivity contribution in [2.75, 3.05) is 31.6 Å². The summed E-state index contributed by atoms with van der Waals surface area (Å²) in [5.74, 6) is 1.08. The quantitative estimate of drug-likeness (QED) is 0.741. The van der Waals surface area contributed by atoms with Crippen LogP contribution >= 0.6 is 15.9 Å². The van der Waals surface area contributed by atoms with Gasteiger partial charge in [-0.05, 0) is 53.6 Å². The molecule has 1 aliphatic heterocycles. The molecule has 3 rings (SSSR count). The third-order valence-electron chi connectivity index (χ3n) is 4.76. The van der Waals surface area contributed by atoms with Gasteiger partial charge in [-0.15, -0.1) is 0 Å².